The van der Waals surface area contributed by atoms with Crippen molar-refractivity contribution >= 4 is 27.3 Å². The zero-order chi connectivity index (χ0) is 17.9. The smallest absolute Gasteiger partial charge is 0.379 e. The summed E-state index contributed by atoms with van der Waals surface area (Å²) in [6, 6.07) is 11.5. The van der Waals surface area contributed by atoms with Crippen molar-refractivity contribution < 1.29 is 17.9 Å². The van der Waals surface area contributed by atoms with E-state index in [2.05, 4.69) is 21.2 Å². The summed E-state index contributed by atoms with van der Waals surface area (Å²) in [6.45, 7) is 2.93. The summed E-state index contributed by atoms with van der Waals surface area (Å²) in [6.07, 6.45) is -4.36. The predicted molar refractivity (Wildman–Crippen MR) is 95.9 cm³/mol. The average Bonchev–Trinajstić information content (AvgIpc) is 2.61. The lowest BCUT2D eigenvalue weighted by atomic mass is 10.1. The lowest BCUT2D eigenvalue weighted by molar-refractivity contribution is -0.137. The van der Waals surface area contributed by atoms with Crippen molar-refractivity contribution in [2.75, 3.05) is 36.5 Å². The van der Waals surface area contributed by atoms with Crippen LogP contribution in [0.3, 0.4) is 0 Å². The van der Waals surface area contributed by atoms with Crippen molar-refractivity contribution in [3.63, 3.8) is 0 Å². The van der Waals surface area contributed by atoms with E-state index in [1.54, 1.807) is 0 Å². The van der Waals surface area contributed by atoms with Crippen molar-refractivity contribution in [2.45, 2.75) is 12.7 Å². The van der Waals surface area contributed by atoms with Crippen LogP contribution in [-0.2, 0) is 17.5 Å². The fourth-order valence-corrected chi connectivity index (χ4v) is 3.00. The third-order valence-electron chi connectivity index (χ3n) is 4.07. The Kier molecular flexibility index (Phi) is 5.54. The molecule has 1 N–H and O–H groups in total. The number of nitrogens with zero attached hydrogens (tertiary/aromatic N) is 1. The van der Waals surface area contributed by atoms with Crippen molar-refractivity contribution in [1.29, 1.82) is 0 Å². The molecule has 1 aliphatic rings. The van der Waals surface area contributed by atoms with Gasteiger partial charge in [0.2, 0.25) is 0 Å². The van der Waals surface area contributed by atoms with Crippen molar-refractivity contribution in [1.82, 2.24) is 0 Å². The molecule has 0 bridgehead atoms. The number of ether oxygens (including phenoxy) is 1. The highest BCUT2D eigenvalue weighted by Crippen LogP contribution is 2.36. The lowest BCUT2D eigenvalue weighted by Crippen LogP contribution is -2.36. The minimum Gasteiger partial charge on any atom is -0.379 e. The molecule has 0 unspecified atom stereocenters. The number of hydrogen-bond donors (Lipinski definition) is 1. The lowest BCUT2D eigenvalue weighted by Gasteiger charge is -2.31. The van der Waals surface area contributed by atoms with Gasteiger partial charge in [0.25, 0.3) is 0 Å². The quantitative estimate of drug-likeness (QED) is 0.768. The number of anilines is 2. The van der Waals surface area contributed by atoms with Gasteiger partial charge in [-0.1, -0.05) is 28.1 Å². The second kappa shape index (κ2) is 7.66. The molecule has 7 heteroatoms. The van der Waals surface area contributed by atoms with Gasteiger partial charge in [-0.15, -0.1) is 0 Å². The van der Waals surface area contributed by atoms with Crippen LogP contribution in [0.4, 0.5) is 24.5 Å². The molecule has 134 valence electrons. The van der Waals surface area contributed by atoms with Crippen LogP contribution in [0.25, 0.3) is 0 Å². The predicted octanol–water partition coefficient (Wildman–Crippen LogP) is 4.92. The maximum atomic E-state index is 13.1. The molecule has 1 saturated heterocycles. The molecule has 0 saturated carbocycles. The molecule has 25 heavy (non-hydrogen) atoms. The van der Waals surface area contributed by atoms with Gasteiger partial charge in [-0.2, -0.15) is 13.2 Å². The zero-order valence-electron chi connectivity index (χ0n) is 13.4. The summed E-state index contributed by atoms with van der Waals surface area (Å²) in [5, 5.41) is 3.16. The summed E-state index contributed by atoms with van der Waals surface area (Å²) in [7, 11) is 0. The van der Waals surface area contributed by atoms with Crippen LogP contribution >= 0.6 is 15.9 Å². The minimum atomic E-state index is -4.36. The Balaban J connectivity index is 1.85. The van der Waals surface area contributed by atoms with E-state index in [9.17, 15) is 13.2 Å². The van der Waals surface area contributed by atoms with Crippen LogP contribution in [-0.4, -0.2) is 26.3 Å². The molecule has 1 fully saturated rings. The molecule has 0 amide bonds. The van der Waals surface area contributed by atoms with Crippen LogP contribution < -0.4 is 10.2 Å². The molecule has 1 aliphatic heterocycles. The first-order valence-corrected chi connectivity index (χ1v) is 8.75. The van der Waals surface area contributed by atoms with E-state index in [0.717, 1.165) is 21.8 Å². The molecular formula is C18H18BrF3N2O. The van der Waals surface area contributed by atoms with E-state index in [1.807, 2.05) is 29.2 Å². The maximum Gasteiger partial charge on any atom is 0.416 e. The molecule has 3 rings (SSSR count). The van der Waals surface area contributed by atoms with E-state index in [0.29, 0.717) is 38.5 Å². The summed E-state index contributed by atoms with van der Waals surface area (Å²) < 4.78 is 45.5. The molecule has 2 aromatic carbocycles. The Morgan fingerprint density at radius 3 is 2.36 bits per heavy atom. The van der Waals surface area contributed by atoms with Gasteiger partial charge < -0.3 is 15.0 Å². The molecular weight excluding hydrogens is 397 g/mol. The van der Waals surface area contributed by atoms with Gasteiger partial charge in [0.1, 0.15) is 0 Å². The average molecular weight is 415 g/mol. The van der Waals surface area contributed by atoms with E-state index in [1.165, 1.54) is 12.1 Å². The van der Waals surface area contributed by atoms with E-state index >= 15 is 0 Å². The topological polar surface area (TPSA) is 24.5 Å². The molecule has 0 radical (unpaired) electrons. The summed E-state index contributed by atoms with van der Waals surface area (Å²) in [5.74, 6) is 0. The largest absolute Gasteiger partial charge is 0.416 e. The van der Waals surface area contributed by atoms with E-state index < -0.39 is 11.7 Å². The number of rotatable bonds is 4. The standard InChI is InChI=1S/C18H18BrF3N2O/c19-15-4-1-13(2-5-15)12-23-16-11-14(18(20,21)22)3-6-17(16)24-7-9-25-10-8-24/h1-6,11,23H,7-10,12H2. The minimum absolute atomic E-state index is 0.450. The van der Waals surface area contributed by atoms with Crippen LogP contribution in [0.1, 0.15) is 11.1 Å². The van der Waals surface area contributed by atoms with Gasteiger partial charge in [0.15, 0.2) is 0 Å². The van der Waals surface area contributed by atoms with E-state index in [4.69, 9.17) is 4.74 Å². The SMILES string of the molecule is FC(F)(F)c1ccc(N2CCOCC2)c(NCc2ccc(Br)cc2)c1. The first-order chi connectivity index (χ1) is 11.9. The Hall–Kier alpha value is -1.73. The number of halogens is 4. The van der Waals surface area contributed by atoms with Gasteiger partial charge in [0, 0.05) is 24.1 Å². The van der Waals surface area contributed by atoms with Gasteiger partial charge in [-0.3, -0.25) is 0 Å². The van der Waals surface area contributed by atoms with Crippen molar-refractivity contribution in [3.8, 4) is 0 Å². The fourth-order valence-electron chi connectivity index (χ4n) is 2.73. The Bertz CT molecular complexity index is 713. The van der Waals surface area contributed by atoms with Gasteiger partial charge in [-0.05, 0) is 35.9 Å². The number of alkyl halides is 3. The number of benzene rings is 2. The maximum absolute atomic E-state index is 13.1. The third-order valence-corrected chi connectivity index (χ3v) is 4.60. The molecule has 2 aromatic rings. The molecule has 3 nitrogen and oxygen atoms in total. The Labute approximate surface area is 152 Å². The summed E-state index contributed by atoms with van der Waals surface area (Å²) >= 11 is 3.37. The monoisotopic (exact) mass is 414 g/mol. The first-order valence-electron chi connectivity index (χ1n) is 7.96. The number of hydrogen-bond acceptors (Lipinski definition) is 3. The number of morpholine rings is 1. The second-order valence-corrected chi connectivity index (χ2v) is 6.72. The highest BCUT2D eigenvalue weighted by atomic mass is 79.9. The Morgan fingerprint density at radius 2 is 1.72 bits per heavy atom. The summed E-state index contributed by atoms with van der Waals surface area (Å²) in [4.78, 5) is 2.05. The molecule has 0 atom stereocenters. The van der Waals surface area contributed by atoms with Crippen molar-refractivity contribution in [3.05, 3.63) is 58.1 Å². The van der Waals surface area contributed by atoms with Gasteiger partial charge >= 0.3 is 6.18 Å². The number of nitrogens with one attached hydrogen (secondary N) is 1. The zero-order valence-corrected chi connectivity index (χ0v) is 15.0. The molecule has 0 aromatic heterocycles. The molecule has 1 heterocycles. The van der Waals surface area contributed by atoms with Gasteiger partial charge in [-0.25, -0.2) is 0 Å². The Morgan fingerprint density at radius 1 is 1.04 bits per heavy atom. The van der Waals surface area contributed by atoms with Crippen LogP contribution in [0.5, 0.6) is 0 Å². The molecule has 0 aliphatic carbocycles. The summed E-state index contributed by atoms with van der Waals surface area (Å²) in [5.41, 5.74) is 1.60. The first kappa shape index (κ1) is 18.1. The normalized spacial score (nSPS) is 15.3. The van der Waals surface area contributed by atoms with Crippen LogP contribution in [0, 0.1) is 0 Å². The molecule has 0 spiro atoms. The van der Waals surface area contributed by atoms with Gasteiger partial charge in [0.05, 0.1) is 30.2 Å². The van der Waals surface area contributed by atoms with Crippen LogP contribution in [0.2, 0.25) is 0 Å². The van der Waals surface area contributed by atoms with E-state index in [-0.39, 0.29) is 0 Å². The third kappa shape index (κ3) is 4.67. The highest BCUT2D eigenvalue weighted by Gasteiger charge is 2.31. The second-order valence-electron chi connectivity index (χ2n) is 5.81. The van der Waals surface area contributed by atoms with Crippen molar-refractivity contribution in [2.24, 2.45) is 0 Å². The highest BCUT2D eigenvalue weighted by molar-refractivity contribution is 9.10. The van der Waals surface area contributed by atoms with Crippen LogP contribution in [0.15, 0.2) is 46.9 Å². The fraction of sp³-hybridized carbons (Fsp3) is 0.333.